The maximum atomic E-state index is 4.47. The number of fused-ring (bicyclic) bond motifs is 1. The van der Waals surface area contributed by atoms with Crippen molar-refractivity contribution in [2.24, 2.45) is 0 Å². The van der Waals surface area contributed by atoms with Crippen LogP contribution in [0.25, 0.3) is 11.4 Å². The van der Waals surface area contributed by atoms with E-state index in [9.17, 15) is 0 Å². The number of nitrogens with one attached hydrogen (secondary N) is 1. The number of hydrogen-bond acceptors (Lipinski definition) is 5. The molecular weight excluding hydrogens is 300 g/mol. The molecule has 0 fully saturated rings. The van der Waals surface area contributed by atoms with Crippen LogP contribution in [0, 0.1) is 6.92 Å². The van der Waals surface area contributed by atoms with E-state index in [4.69, 9.17) is 0 Å². The summed E-state index contributed by atoms with van der Waals surface area (Å²) in [5, 5.41) is 8.02. The first-order valence-corrected chi connectivity index (χ1v) is 8.28. The zero-order valence-electron chi connectivity index (χ0n) is 13.7. The van der Waals surface area contributed by atoms with E-state index in [1.807, 2.05) is 54.3 Å². The molecule has 0 unspecified atom stereocenters. The highest BCUT2D eigenvalue weighted by atomic mass is 15.4. The van der Waals surface area contributed by atoms with E-state index < -0.39 is 0 Å². The SMILES string of the molecule is Cc1nc2n(n1)C[C@H](NCc1cnc(-c3ccccc3)nc1)CC2. The number of hydrogen-bond donors (Lipinski definition) is 1. The van der Waals surface area contributed by atoms with Gasteiger partial charge in [-0.05, 0) is 13.3 Å². The van der Waals surface area contributed by atoms with E-state index in [1.165, 1.54) is 0 Å². The van der Waals surface area contributed by atoms with Crippen LogP contribution in [-0.2, 0) is 19.5 Å². The second-order valence-electron chi connectivity index (χ2n) is 6.15. The average Bonchev–Trinajstić information content (AvgIpc) is 3.00. The number of aromatic nitrogens is 5. The lowest BCUT2D eigenvalue weighted by Gasteiger charge is -2.23. The molecule has 6 heteroatoms. The first-order valence-electron chi connectivity index (χ1n) is 8.28. The van der Waals surface area contributed by atoms with Crippen molar-refractivity contribution in [1.29, 1.82) is 0 Å². The van der Waals surface area contributed by atoms with Crippen LogP contribution < -0.4 is 5.32 Å². The summed E-state index contributed by atoms with van der Waals surface area (Å²) in [7, 11) is 0. The van der Waals surface area contributed by atoms with Gasteiger partial charge < -0.3 is 5.32 Å². The van der Waals surface area contributed by atoms with Gasteiger partial charge in [-0.1, -0.05) is 30.3 Å². The molecule has 0 bridgehead atoms. The molecule has 0 saturated carbocycles. The van der Waals surface area contributed by atoms with Gasteiger partial charge in [0.25, 0.3) is 0 Å². The molecule has 1 N–H and O–H groups in total. The maximum absolute atomic E-state index is 4.47. The molecule has 2 aromatic heterocycles. The van der Waals surface area contributed by atoms with Gasteiger partial charge in [-0.15, -0.1) is 0 Å². The molecule has 0 saturated heterocycles. The van der Waals surface area contributed by atoms with Crippen molar-refractivity contribution in [3.05, 3.63) is 59.9 Å². The van der Waals surface area contributed by atoms with Gasteiger partial charge >= 0.3 is 0 Å². The van der Waals surface area contributed by atoms with Gasteiger partial charge in [-0.2, -0.15) is 5.10 Å². The normalized spacial score (nSPS) is 16.8. The fourth-order valence-electron chi connectivity index (χ4n) is 3.04. The van der Waals surface area contributed by atoms with Crippen LogP contribution >= 0.6 is 0 Å². The van der Waals surface area contributed by atoms with E-state index in [0.29, 0.717) is 6.04 Å². The molecular formula is C18H20N6. The van der Waals surface area contributed by atoms with Crippen molar-refractivity contribution in [3.8, 4) is 11.4 Å². The molecule has 3 aromatic rings. The van der Waals surface area contributed by atoms with Gasteiger partial charge in [0.1, 0.15) is 11.6 Å². The Balaban J connectivity index is 1.37. The number of aryl methyl sites for hydroxylation is 2. The highest BCUT2D eigenvalue weighted by molar-refractivity contribution is 5.53. The molecule has 0 radical (unpaired) electrons. The summed E-state index contributed by atoms with van der Waals surface area (Å²) in [6, 6.07) is 10.4. The van der Waals surface area contributed by atoms with Crippen LogP contribution in [0.2, 0.25) is 0 Å². The summed E-state index contributed by atoms with van der Waals surface area (Å²) in [5.41, 5.74) is 2.13. The third kappa shape index (κ3) is 3.19. The summed E-state index contributed by atoms with van der Waals surface area (Å²) < 4.78 is 2.02. The first-order chi connectivity index (χ1) is 11.8. The van der Waals surface area contributed by atoms with E-state index in [1.54, 1.807) is 0 Å². The predicted molar refractivity (Wildman–Crippen MR) is 91.2 cm³/mol. The van der Waals surface area contributed by atoms with Gasteiger partial charge in [0.2, 0.25) is 0 Å². The van der Waals surface area contributed by atoms with E-state index in [2.05, 4.69) is 25.4 Å². The van der Waals surface area contributed by atoms with Crippen molar-refractivity contribution in [2.75, 3.05) is 0 Å². The van der Waals surface area contributed by atoms with Crippen LogP contribution in [-0.4, -0.2) is 30.8 Å². The van der Waals surface area contributed by atoms with E-state index in [0.717, 1.165) is 54.5 Å². The van der Waals surface area contributed by atoms with Crippen molar-refractivity contribution >= 4 is 0 Å². The summed E-state index contributed by atoms with van der Waals surface area (Å²) in [6.07, 6.45) is 5.86. The molecule has 1 aliphatic heterocycles. The summed E-state index contributed by atoms with van der Waals surface area (Å²) in [4.78, 5) is 13.4. The Hall–Kier alpha value is -2.60. The Bertz CT molecular complexity index is 809. The lowest BCUT2D eigenvalue weighted by atomic mass is 10.1. The second-order valence-corrected chi connectivity index (χ2v) is 6.15. The molecule has 0 amide bonds. The minimum Gasteiger partial charge on any atom is -0.308 e. The Morgan fingerprint density at radius 2 is 1.96 bits per heavy atom. The highest BCUT2D eigenvalue weighted by Gasteiger charge is 2.20. The maximum Gasteiger partial charge on any atom is 0.159 e. The van der Waals surface area contributed by atoms with Gasteiger partial charge in [0.05, 0.1) is 6.54 Å². The summed E-state index contributed by atoms with van der Waals surface area (Å²) in [5.74, 6) is 2.72. The Morgan fingerprint density at radius 3 is 2.75 bits per heavy atom. The van der Waals surface area contributed by atoms with Crippen molar-refractivity contribution in [1.82, 2.24) is 30.0 Å². The van der Waals surface area contributed by atoms with Crippen molar-refractivity contribution in [3.63, 3.8) is 0 Å². The van der Waals surface area contributed by atoms with Gasteiger partial charge in [-0.25, -0.2) is 19.6 Å². The number of benzene rings is 1. The molecule has 0 aliphatic carbocycles. The van der Waals surface area contributed by atoms with Crippen molar-refractivity contribution in [2.45, 2.75) is 38.9 Å². The molecule has 24 heavy (non-hydrogen) atoms. The lowest BCUT2D eigenvalue weighted by molar-refractivity contribution is 0.357. The zero-order valence-corrected chi connectivity index (χ0v) is 13.7. The largest absolute Gasteiger partial charge is 0.308 e. The van der Waals surface area contributed by atoms with Crippen molar-refractivity contribution < 1.29 is 0 Å². The van der Waals surface area contributed by atoms with Crippen LogP contribution in [0.5, 0.6) is 0 Å². The highest BCUT2D eigenvalue weighted by Crippen LogP contribution is 2.15. The molecule has 0 spiro atoms. The van der Waals surface area contributed by atoms with E-state index in [-0.39, 0.29) is 0 Å². The van der Waals surface area contributed by atoms with Gasteiger partial charge in [0, 0.05) is 42.5 Å². The quantitative estimate of drug-likeness (QED) is 0.798. The third-order valence-corrected chi connectivity index (χ3v) is 4.30. The standard InChI is InChI=1S/C18H20N6/c1-13-22-17-8-7-16(12-24(17)23-13)19-9-14-10-20-18(21-11-14)15-5-3-2-4-6-15/h2-6,10-11,16,19H,7-9,12H2,1H3/t16-/m1/s1. The first kappa shape index (κ1) is 15.0. The number of nitrogens with zero attached hydrogens (tertiary/aromatic N) is 5. The minimum absolute atomic E-state index is 0.410. The lowest BCUT2D eigenvalue weighted by Crippen LogP contribution is -2.37. The Labute approximate surface area is 141 Å². The van der Waals surface area contributed by atoms with Crippen LogP contribution in [0.4, 0.5) is 0 Å². The molecule has 3 heterocycles. The molecule has 122 valence electrons. The molecule has 6 nitrogen and oxygen atoms in total. The van der Waals surface area contributed by atoms with E-state index >= 15 is 0 Å². The van der Waals surface area contributed by atoms with Crippen LogP contribution in [0.1, 0.15) is 23.6 Å². The fraction of sp³-hybridized carbons (Fsp3) is 0.333. The topological polar surface area (TPSA) is 68.5 Å². The zero-order chi connectivity index (χ0) is 16.4. The Kier molecular flexibility index (Phi) is 4.04. The minimum atomic E-state index is 0.410. The summed E-state index contributed by atoms with van der Waals surface area (Å²) in [6.45, 7) is 3.58. The van der Waals surface area contributed by atoms with Gasteiger partial charge in [-0.3, -0.25) is 0 Å². The average molecular weight is 320 g/mol. The second kappa shape index (κ2) is 6.49. The van der Waals surface area contributed by atoms with Gasteiger partial charge in [0.15, 0.2) is 5.82 Å². The smallest absolute Gasteiger partial charge is 0.159 e. The molecule has 1 atom stereocenters. The van der Waals surface area contributed by atoms with Crippen LogP contribution in [0.3, 0.4) is 0 Å². The molecule has 1 aliphatic rings. The predicted octanol–water partition coefficient (Wildman–Crippen LogP) is 2.15. The molecule has 1 aromatic carbocycles. The van der Waals surface area contributed by atoms with Crippen LogP contribution in [0.15, 0.2) is 42.7 Å². The summed E-state index contributed by atoms with van der Waals surface area (Å²) >= 11 is 0. The number of rotatable bonds is 4. The fourth-order valence-corrected chi connectivity index (χ4v) is 3.04. The third-order valence-electron chi connectivity index (χ3n) is 4.30. The monoisotopic (exact) mass is 320 g/mol. The molecule has 4 rings (SSSR count). The Morgan fingerprint density at radius 1 is 1.17 bits per heavy atom.